The number of nitrogens with zero attached hydrogens (tertiary/aromatic N) is 2. The summed E-state index contributed by atoms with van der Waals surface area (Å²) in [7, 11) is 1.67. The molecule has 0 aliphatic carbocycles. The molecule has 0 amide bonds. The quantitative estimate of drug-likeness (QED) is 0.109. The van der Waals surface area contributed by atoms with Crippen LogP contribution < -0.4 is 11.1 Å². The molecule has 1 aromatic carbocycles. The fourth-order valence-corrected chi connectivity index (χ4v) is 4.23. The number of allylic oxidation sites excluding steroid dienone is 2. The average molecular weight is 521 g/mol. The highest BCUT2D eigenvalue weighted by molar-refractivity contribution is 7.98. The minimum absolute atomic E-state index is 0.225. The van der Waals surface area contributed by atoms with Crippen LogP contribution in [0.1, 0.15) is 71.4 Å². The first-order valence-corrected chi connectivity index (χ1v) is 14.3. The summed E-state index contributed by atoms with van der Waals surface area (Å²) in [5, 5.41) is 2.89. The lowest BCUT2D eigenvalue weighted by atomic mass is 10.0. The molecule has 1 atom stereocenters. The maximum Gasteiger partial charge on any atom is 0.114 e. The Morgan fingerprint density at radius 2 is 1.69 bits per heavy atom. The third-order valence-electron chi connectivity index (χ3n) is 5.15. The molecule has 4 nitrogen and oxygen atoms in total. The van der Waals surface area contributed by atoms with Crippen LogP contribution in [0.4, 0.5) is 0 Å². The molecule has 200 valence electrons. The Morgan fingerprint density at radius 3 is 2.06 bits per heavy atom. The molecule has 0 aliphatic rings. The molecule has 0 spiro atoms. The fraction of sp³-hybridized carbons (Fsp3) is 0.552. The van der Waals surface area contributed by atoms with Gasteiger partial charge in [0.15, 0.2) is 0 Å². The lowest BCUT2D eigenvalue weighted by molar-refractivity contribution is 0.289. The summed E-state index contributed by atoms with van der Waals surface area (Å²) in [5.41, 5.74) is 11.3. The third kappa shape index (κ3) is 16.6. The smallest absolute Gasteiger partial charge is 0.114 e. The maximum atomic E-state index is 5.55. The highest BCUT2D eigenvalue weighted by Gasteiger charge is 2.11. The van der Waals surface area contributed by atoms with E-state index in [1.165, 1.54) is 48.5 Å². The largest absolute Gasteiger partial charge is 0.398 e. The van der Waals surface area contributed by atoms with Crippen LogP contribution in [0, 0.1) is 6.92 Å². The Morgan fingerprint density at radius 1 is 1.11 bits per heavy atom. The molecule has 0 saturated carbocycles. The van der Waals surface area contributed by atoms with Crippen molar-refractivity contribution in [2.45, 2.75) is 77.5 Å². The number of nitrogens with two attached hydrogens (primary N) is 1. The number of hydrogen-bond donors (Lipinski definition) is 3. The van der Waals surface area contributed by atoms with Crippen LogP contribution in [-0.4, -0.2) is 48.9 Å². The van der Waals surface area contributed by atoms with E-state index in [0.717, 1.165) is 24.1 Å². The third-order valence-corrected chi connectivity index (χ3v) is 6.25. The highest BCUT2D eigenvalue weighted by atomic mass is 32.2. The Bertz CT molecular complexity index is 781. The molecule has 0 heterocycles. The number of rotatable bonds is 13. The molecular formula is C29H52N4S2. The van der Waals surface area contributed by atoms with E-state index in [-0.39, 0.29) is 5.37 Å². The maximum absolute atomic E-state index is 5.55. The second kappa shape index (κ2) is 21.6. The van der Waals surface area contributed by atoms with Gasteiger partial charge in [-0.15, -0.1) is 24.4 Å². The molecule has 0 bridgehead atoms. The molecule has 0 aliphatic heterocycles. The Labute approximate surface area is 227 Å². The second-order valence-electron chi connectivity index (χ2n) is 8.43. The predicted octanol–water partition coefficient (Wildman–Crippen LogP) is 7.57. The molecule has 0 radical (unpaired) electrons. The lowest BCUT2D eigenvalue weighted by Gasteiger charge is -2.17. The first kappa shape index (κ1) is 35.5. The van der Waals surface area contributed by atoms with Gasteiger partial charge in [0.05, 0.1) is 5.71 Å². The van der Waals surface area contributed by atoms with Crippen LogP contribution >= 0.6 is 24.4 Å². The standard InChI is InChI=1S/C11H14S.C10H19N3S.C8H19N/c1-8(2)11-7-10(12-4)6-5-9(11)3;1-5-6-7(2)13-10(14)9(12-4)8(3)11;1-4-7-9(6-3)8-5-2/h5-7H,1H2,2-4H3;10,13-14H,2-3,5-6,11H2,1,4H3;4-8H2,1-3H3. The molecule has 1 rings (SSSR count). The Balaban J connectivity index is 0. The van der Waals surface area contributed by atoms with E-state index in [9.17, 15) is 0 Å². The van der Waals surface area contributed by atoms with Gasteiger partial charge in [0.1, 0.15) is 5.37 Å². The Kier molecular flexibility index (Phi) is 22.0. The number of thioether (sulfide) groups is 1. The molecule has 1 unspecified atom stereocenters. The van der Waals surface area contributed by atoms with Gasteiger partial charge in [0, 0.05) is 23.3 Å². The minimum Gasteiger partial charge on any atom is -0.398 e. The van der Waals surface area contributed by atoms with Crippen molar-refractivity contribution in [2.24, 2.45) is 10.7 Å². The zero-order chi connectivity index (χ0) is 27.4. The van der Waals surface area contributed by atoms with E-state index < -0.39 is 0 Å². The molecule has 0 aromatic heterocycles. The summed E-state index contributed by atoms with van der Waals surface area (Å²) in [6, 6.07) is 6.49. The van der Waals surface area contributed by atoms with Crippen molar-refractivity contribution in [1.82, 2.24) is 10.2 Å². The van der Waals surface area contributed by atoms with Gasteiger partial charge in [-0.25, -0.2) is 0 Å². The van der Waals surface area contributed by atoms with Crippen LogP contribution in [0.2, 0.25) is 0 Å². The summed E-state index contributed by atoms with van der Waals surface area (Å²) in [5.74, 6) is 0. The molecule has 35 heavy (non-hydrogen) atoms. The van der Waals surface area contributed by atoms with E-state index >= 15 is 0 Å². The number of aliphatic imine (C=N–C) groups is 1. The van der Waals surface area contributed by atoms with Gasteiger partial charge >= 0.3 is 0 Å². The summed E-state index contributed by atoms with van der Waals surface area (Å²) in [4.78, 5) is 7.80. The van der Waals surface area contributed by atoms with E-state index in [2.05, 4.69) is 107 Å². The van der Waals surface area contributed by atoms with Gasteiger partial charge in [-0.05, 0) is 82.3 Å². The van der Waals surface area contributed by atoms with E-state index in [1.807, 2.05) is 6.92 Å². The molecule has 1 aromatic rings. The van der Waals surface area contributed by atoms with Crippen molar-refractivity contribution in [3.8, 4) is 0 Å². The van der Waals surface area contributed by atoms with Gasteiger partial charge in [-0.2, -0.15) is 0 Å². The van der Waals surface area contributed by atoms with Crippen molar-refractivity contribution in [2.75, 3.05) is 32.9 Å². The summed E-state index contributed by atoms with van der Waals surface area (Å²) < 4.78 is 0. The molecule has 0 fully saturated rings. The van der Waals surface area contributed by atoms with Crippen molar-refractivity contribution < 1.29 is 0 Å². The van der Waals surface area contributed by atoms with Gasteiger partial charge in [-0.1, -0.05) is 65.5 Å². The summed E-state index contributed by atoms with van der Waals surface area (Å²) in [6.45, 7) is 28.2. The van der Waals surface area contributed by atoms with Gasteiger partial charge in [0.2, 0.25) is 0 Å². The molecular weight excluding hydrogens is 468 g/mol. The normalized spacial score (nSPS) is 11.5. The zero-order valence-electron chi connectivity index (χ0n) is 23.7. The fourth-order valence-electron chi connectivity index (χ4n) is 3.33. The van der Waals surface area contributed by atoms with Gasteiger partial charge in [-0.3, -0.25) is 4.99 Å². The number of aryl methyl sites for hydroxylation is 1. The number of thiol groups is 1. The molecule has 0 saturated heterocycles. The number of nitrogens with one attached hydrogen (secondary N) is 1. The monoisotopic (exact) mass is 520 g/mol. The van der Waals surface area contributed by atoms with Crippen molar-refractivity contribution >= 4 is 35.7 Å². The van der Waals surface area contributed by atoms with E-state index in [1.54, 1.807) is 18.8 Å². The van der Waals surface area contributed by atoms with Gasteiger partial charge in [0.25, 0.3) is 0 Å². The van der Waals surface area contributed by atoms with Crippen LogP contribution in [0.25, 0.3) is 5.57 Å². The van der Waals surface area contributed by atoms with Crippen LogP contribution in [0.3, 0.4) is 0 Å². The second-order valence-corrected chi connectivity index (χ2v) is 9.83. The highest BCUT2D eigenvalue weighted by Crippen LogP contribution is 2.23. The van der Waals surface area contributed by atoms with Crippen molar-refractivity contribution in [1.29, 1.82) is 0 Å². The van der Waals surface area contributed by atoms with Gasteiger partial charge < -0.3 is 16.0 Å². The molecule has 6 heteroatoms. The predicted molar refractivity (Wildman–Crippen MR) is 167 cm³/mol. The zero-order valence-corrected chi connectivity index (χ0v) is 25.4. The van der Waals surface area contributed by atoms with Crippen LogP contribution in [-0.2, 0) is 0 Å². The van der Waals surface area contributed by atoms with Crippen molar-refractivity contribution in [3.63, 3.8) is 0 Å². The molecule has 3 N–H and O–H groups in total. The van der Waals surface area contributed by atoms with E-state index in [4.69, 9.17) is 5.73 Å². The SMILES string of the molecule is C=C(C)c1cc(SC)ccc1C.C=C(CCC)NC(S)C(=NC)C(=C)N.CCCN(CC)CCC. The van der Waals surface area contributed by atoms with E-state index in [0.29, 0.717) is 11.4 Å². The Hall–Kier alpha value is -1.63. The number of hydrogen-bond acceptors (Lipinski definition) is 6. The summed E-state index contributed by atoms with van der Waals surface area (Å²) >= 11 is 6.10. The van der Waals surface area contributed by atoms with Crippen LogP contribution in [0.5, 0.6) is 0 Å². The summed E-state index contributed by atoms with van der Waals surface area (Å²) in [6.07, 6.45) is 6.63. The van der Waals surface area contributed by atoms with Crippen molar-refractivity contribution in [3.05, 3.63) is 60.5 Å². The number of benzene rings is 1. The average Bonchev–Trinajstić information content (AvgIpc) is 2.80. The topological polar surface area (TPSA) is 53.6 Å². The first-order valence-electron chi connectivity index (χ1n) is 12.6. The minimum atomic E-state index is -0.225. The van der Waals surface area contributed by atoms with Crippen LogP contribution in [0.15, 0.2) is 59.2 Å². The lowest BCUT2D eigenvalue weighted by Crippen LogP contribution is -2.34. The first-order chi connectivity index (χ1) is 16.5.